The van der Waals surface area contributed by atoms with Crippen LogP contribution in [0, 0.1) is 0 Å². The fourth-order valence-electron chi connectivity index (χ4n) is 1.79. The summed E-state index contributed by atoms with van der Waals surface area (Å²) in [6.45, 7) is 0.724. The van der Waals surface area contributed by atoms with Crippen molar-refractivity contribution in [2.45, 2.75) is 12.8 Å². The molecular formula is C16H17BrO. The van der Waals surface area contributed by atoms with E-state index in [1.807, 2.05) is 18.2 Å². The highest BCUT2D eigenvalue weighted by atomic mass is 79.9. The van der Waals surface area contributed by atoms with E-state index < -0.39 is 0 Å². The van der Waals surface area contributed by atoms with Gasteiger partial charge in [0.2, 0.25) is 0 Å². The van der Waals surface area contributed by atoms with Gasteiger partial charge < -0.3 is 4.74 Å². The number of rotatable bonds is 6. The molecule has 0 atom stereocenters. The maximum Gasteiger partial charge on any atom is 0.119 e. The predicted molar refractivity (Wildman–Crippen MR) is 79.6 cm³/mol. The molecule has 2 heteroatoms. The zero-order valence-electron chi connectivity index (χ0n) is 10.3. The Balaban J connectivity index is 1.80. The van der Waals surface area contributed by atoms with Gasteiger partial charge in [0.25, 0.3) is 0 Å². The molecule has 1 nitrogen and oxygen atoms in total. The summed E-state index contributed by atoms with van der Waals surface area (Å²) < 4.78 is 5.73. The highest BCUT2D eigenvalue weighted by Gasteiger charge is 1.96. The summed E-state index contributed by atoms with van der Waals surface area (Å²) in [5, 5.41) is 1.00. The van der Waals surface area contributed by atoms with Crippen LogP contribution in [0.1, 0.15) is 11.1 Å². The SMILES string of the molecule is BrCCc1ccc(OCCc2ccccc2)cc1. The van der Waals surface area contributed by atoms with E-state index >= 15 is 0 Å². The lowest BCUT2D eigenvalue weighted by molar-refractivity contribution is 0.322. The third-order valence-electron chi connectivity index (χ3n) is 2.81. The van der Waals surface area contributed by atoms with Crippen LogP contribution in [-0.4, -0.2) is 11.9 Å². The molecule has 2 rings (SSSR count). The molecule has 0 N–H and O–H groups in total. The Bertz CT molecular complexity index is 450. The molecule has 0 aliphatic carbocycles. The van der Waals surface area contributed by atoms with Gasteiger partial charge in [-0.2, -0.15) is 0 Å². The van der Waals surface area contributed by atoms with E-state index in [0.29, 0.717) is 0 Å². The monoisotopic (exact) mass is 304 g/mol. The highest BCUT2D eigenvalue weighted by Crippen LogP contribution is 2.13. The van der Waals surface area contributed by atoms with Gasteiger partial charge in [0.15, 0.2) is 0 Å². The maximum absolute atomic E-state index is 5.73. The lowest BCUT2D eigenvalue weighted by atomic mass is 10.1. The van der Waals surface area contributed by atoms with Crippen molar-refractivity contribution in [3.63, 3.8) is 0 Å². The Kier molecular flexibility index (Phi) is 5.28. The third-order valence-corrected chi connectivity index (χ3v) is 3.21. The zero-order valence-corrected chi connectivity index (χ0v) is 11.9. The Morgan fingerprint density at radius 1 is 0.778 bits per heavy atom. The summed E-state index contributed by atoms with van der Waals surface area (Å²) in [4.78, 5) is 0. The molecule has 0 spiro atoms. The van der Waals surface area contributed by atoms with Gasteiger partial charge in [-0.1, -0.05) is 58.4 Å². The Labute approximate surface area is 117 Å². The molecule has 0 heterocycles. The van der Waals surface area contributed by atoms with Gasteiger partial charge in [0.05, 0.1) is 6.61 Å². The van der Waals surface area contributed by atoms with E-state index in [0.717, 1.165) is 30.5 Å². The van der Waals surface area contributed by atoms with Gasteiger partial charge in [-0.05, 0) is 29.7 Å². The van der Waals surface area contributed by atoms with Gasteiger partial charge in [-0.15, -0.1) is 0 Å². The maximum atomic E-state index is 5.73. The lowest BCUT2D eigenvalue weighted by Crippen LogP contribution is -2.01. The Morgan fingerprint density at radius 3 is 2.11 bits per heavy atom. The van der Waals surface area contributed by atoms with Crippen molar-refractivity contribution >= 4 is 15.9 Å². The van der Waals surface area contributed by atoms with Crippen LogP contribution in [0.5, 0.6) is 5.75 Å². The van der Waals surface area contributed by atoms with Crippen molar-refractivity contribution in [2.24, 2.45) is 0 Å². The number of hydrogen-bond donors (Lipinski definition) is 0. The van der Waals surface area contributed by atoms with E-state index in [1.165, 1.54) is 11.1 Å². The van der Waals surface area contributed by atoms with Crippen LogP contribution < -0.4 is 4.74 Å². The van der Waals surface area contributed by atoms with Crippen LogP contribution in [0.25, 0.3) is 0 Å². The molecule has 94 valence electrons. The van der Waals surface area contributed by atoms with E-state index in [-0.39, 0.29) is 0 Å². The van der Waals surface area contributed by atoms with Crippen molar-refractivity contribution in [1.82, 2.24) is 0 Å². The molecule has 0 saturated heterocycles. The first-order valence-electron chi connectivity index (χ1n) is 6.20. The summed E-state index contributed by atoms with van der Waals surface area (Å²) >= 11 is 3.44. The number of halogens is 1. The van der Waals surface area contributed by atoms with Crippen LogP contribution in [0.15, 0.2) is 54.6 Å². The molecule has 0 unspecified atom stereocenters. The standard InChI is InChI=1S/C16H17BrO/c17-12-10-15-6-8-16(9-7-15)18-13-11-14-4-2-1-3-5-14/h1-9H,10-13H2. The Hall–Kier alpha value is -1.28. The summed E-state index contributed by atoms with van der Waals surface area (Å²) in [5.41, 5.74) is 2.65. The molecule has 0 saturated carbocycles. The summed E-state index contributed by atoms with van der Waals surface area (Å²) in [6, 6.07) is 18.7. The number of ether oxygens (including phenoxy) is 1. The molecule has 0 radical (unpaired) electrons. The minimum absolute atomic E-state index is 0.724. The van der Waals surface area contributed by atoms with Crippen molar-refractivity contribution in [2.75, 3.05) is 11.9 Å². The molecular weight excluding hydrogens is 288 g/mol. The second-order valence-electron chi connectivity index (χ2n) is 4.17. The molecule has 0 fully saturated rings. The predicted octanol–water partition coefficient (Wildman–Crippen LogP) is 4.25. The first-order chi connectivity index (χ1) is 8.88. The number of benzene rings is 2. The topological polar surface area (TPSA) is 9.23 Å². The van der Waals surface area contributed by atoms with Gasteiger partial charge in [-0.3, -0.25) is 0 Å². The molecule has 0 aliphatic heterocycles. The third kappa shape index (κ3) is 4.19. The molecule has 18 heavy (non-hydrogen) atoms. The molecule has 2 aromatic rings. The van der Waals surface area contributed by atoms with Gasteiger partial charge >= 0.3 is 0 Å². The van der Waals surface area contributed by atoms with Crippen molar-refractivity contribution < 1.29 is 4.74 Å². The van der Waals surface area contributed by atoms with Crippen molar-refractivity contribution in [3.05, 3.63) is 65.7 Å². The van der Waals surface area contributed by atoms with Crippen LogP contribution in [0.4, 0.5) is 0 Å². The first-order valence-corrected chi connectivity index (χ1v) is 7.32. The van der Waals surface area contributed by atoms with Crippen LogP contribution >= 0.6 is 15.9 Å². The van der Waals surface area contributed by atoms with E-state index in [2.05, 4.69) is 52.3 Å². The lowest BCUT2D eigenvalue weighted by Gasteiger charge is -2.07. The molecule has 0 aliphatic rings. The Morgan fingerprint density at radius 2 is 1.44 bits per heavy atom. The van der Waals surface area contributed by atoms with E-state index in [4.69, 9.17) is 4.74 Å². The largest absolute Gasteiger partial charge is 0.493 e. The normalized spacial score (nSPS) is 10.3. The summed E-state index contributed by atoms with van der Waals surface area (Å²) in [5.74, 6) is 0.948. The smallest absolute Gasteiger partial charge is 0.119 e. The zero-order chi connectivity index (χ0) is 12.6. The van der Waals surface area contributed by atoms with Crippen LogP contribution in [0.2, 0.25) is 0 Å². The van der Waals surface area contributed by atoms with Gasteiger partial charge in [-0.25, -0.2) is 0 Å². The van der Waals surface area contributed by atoms with Gasteiger partial charge in [0.1, 0.15) is 5.75 Å². The average Bonchev–Trinajstić information content (AvgIpc) is 2.42. The minimum Gasteiger partial charge on any atom is -0.493 e. The quantitative estimate of drug-likeness (QED) is 0.725. The van der Waals surface area contributed by atoms with E-state index in [1.54, 1.807) is 0 Å². The first kappa shape index (κ1) is 13.2. The average molecular weight is 305 g/mol. The second kappa shape index (κ2) is 7.22. The second-order valence-corrected chi connectivity index (χ2v) is 4.96. The van der Waals surface area contributed by atoms with Crippen molar-refractivity contribution in [1.29, 1.82) is 0 Å². The highest BCUT2D eigenvalue weighted by molar-refractivity contribution is 9.09. The fourth-order valence-corrected chi connectivity index (χ4v) is 2.25. The number of aryl methyl sites for hydroxylation is 1. The summed E-state index contributed by atoms with van der Waals surface area (Å²) in [6.07, 6.45) is 2.01. The molecule has 0 bridgehead atoms. The molecule has 0 amide bonds. The molecule has 0 aromatic heterocycles. The number of alkyl halides is 1. The van der Waals surface area contributed by atoms with Crippen LogP contribution in [0.3, 0.4) is 0 Å². The number of hydrogen-bond acceptors (Lipinski definition) is 1. The fraction of sp³-hybridized carbons (Fsp3) is 0.250. The van der Waals surface area contributed by atoms with E-state index in [9.17, 15) is 0 Å². The van der Waals surface area contributed by atoms with Gasteiger partial charge in [0, 0.05) is 11.8 Å². The minimum atomic E-state index is 0.724. The summed E-state index contributed by atoms with van der Waals surface area (Å²) in [7, 11) is 0. The van der Waals surface area contributed by atoms with Crippen LogP contribution in [-0.2, 0) is 12.8 Å². The van der Waals surface area contributed by atoms with Crippen molar-refractivity contribution in [3.8, 4) is 5.75 Å². The molecule has 2 aromatic carbocycles.